The van der Waals surface area contributed by atoms with E-state index in [4.69, 9.17) is 0 Å². The Morgan fingerprint density at radius 2 is 1.88 bits per heavy atom. The summed E-state index contributed by atoms with van der Waals surface area (Å²) in [6.07, 6.45) is 3.69. The van der Waals surface area contributed by atoms with Gasteiger partial charge in [-0.3, -0.25) is 4.98 Å². The minimum Gasteiger partial charge on any atom is -0.261 e. The Bertz CT molecular complexity index is 457. The monoisotopic (exact) mass is 209 g/mol. The normalized spacial score (nSPS) is 12.1. The lowest BCUT2D eigenvalue weighted by atomic mass is 9.96. The van der Waals surface area contributed by atoms with Crippen molar-refractivity contribution in [3.63, 3.8) is 0 Å². The molecule has 0 aliphatic rings. The van der Waals surface area contributed by atoms with Gasteiger partial charge in [0, 0.05) is 17.8 Å². The van der Waals surface area contributed by atoms with Gasteiger partial charge >= 0.3 is 0 Å². The average Bonchev–Trinajstić information content (AvgIpc) is 2.39. The van der Waals surface area contributed by atoms with E-state index < -0.39 is 0 Å². The maximum absolute atomic E-state index is 4.38. The first kappa shape index (κ1) is 10.6. The van der Waals surface area contributed by atoms with Crippen LogP contribution in [0.3, 0.4) is 0 Å². The summed E-state index contributed by atoms with van der Waals surface area (Å²) in [5, 5.41) is 0. The second-order valence-corrected chi connectivity index (χ2v) is 3.85. The molecule has 2 rings (SSSR count). The maximum atomic E-state index is 4.38. The van der Waals surface area contributed by atoms with Crippen LogP contribution in [-0.2, 0) is 0 Å². The highest BCUT2D eigenvalue weighted by molar-refractivity contribution is 5.48. The van der Waals surface area contributed by atoms with Crippen LogP contribution >= 0.6 is 0 Å². The lowest BCUT2D eigenvalue weighted by Crippen LogP contribution is -1.98. The molecule has 1 unspecified atom stereocenters. The standard InChI is InChI=1S/C15H15N/c1-3-13-7-9-14(10-8-13)12(2)15-6-4-5-11-16-15/h3-12H,1H2,2H3. The van der Waals surface area contributed by atoms with Crippen LogP contribution in [0, 0.1) is 0 Å². The third kappa shape index (κ3) is 2.19. The Labute approximate surface area is 96.5 Å². The fourth-order valence-electron chi connectivity index (χ4n) is 1.72. The molecule has 0 bridgehead atoms. The van der Waals surface area contributed by atoms with Crippen molar-refractivity contribution in [1.82, 2.24) is 4.98 Å². The Morgan fingerprint density at radius 1 is 1.12 bits per heavy atom. The van der Waals surface area contributed by atoms with Crippen LogP contribution in [0.15, 0.2) is 55.2 Å². The van der Waals surface area contributed by atoms with E-state index in [0.29, 0.717) is 5.92 Å². The van der Waals surface area contributed by atoms with E-state index in [1.807, 2.05) is 24.4 Å². The summed E-state index contributed by atoms with van der Waals surface area (Å²) in [7, 11) is 0. The summed E-state index contributed by atoms with van der Waals surface area (Å²) >= 11 is 0. The molecule has 0 amide bonds. The smallest absolute Gasteiger partial charge is 0.0475 e. The molecule has 0 radical (unpaired) electrons. The van der Waals surface area contributed by atoms with Crippen molar-refractivity contribution in [1.29, 1.82) is 0 Å². The van der Waals surface area contributed by atoms with Crippen LogP contribution in [0.25, 0.3) is 6.08 Å². The van der Waals surface area contributed by atoms with Crippen molar-refractivity contribution in [2.45, 2.75) is 12.8 Å². The van der Waals surface area contributed by atoms with Crippen molar-refractivity contribution in [2.24, 2.45) is 0 Å². The summed E-state index contributed by atoms with van der Waals surface area (Å²) in [6, 6.07) is 14.5. The van der Waals surface area contributed by atoms with Crippen LogP contribution in [0.2, 0.25) is 0 Å². The zero-order valence-corrected chi connectivity index (χ0v) is 9.43. The predicted octanol–water partition coefficient (Wildman–Crippen LogP) is 3.88. The van der Waals surface area contributed by atoms with Crippen LogP contribution in [0.5, 0.6) is 0 Å². The Kier molecular flexibility index (Phi) is 3.16. The largest absolute Gasteiger partial charge is 0.261 e. The molecule has 0 aliphatic carbocycles. The molecule has 1 atom stereocenters. The van der Waals surface area contributed by atoms with Gasteiger partial charge in [-0.15, -0.1) is 0 Å². The van der Waals surface area contributed by atoms with Crippen molar-refractivity contribution in [3.8, 4) is 0 Å². The van der Waals surface area contributed by atoms with Gasteiger partial charge in [-0.05, 0) is 23.3 Å². The number of nitrogens with zero attached hydrogens (tertiary/aromatic N) is 1. The van der Waals surface area contributed by atoms with E-state index in [1.54, 1.807) is 0 Å². The highest BCUT2D eigenvalue weighted by Gasteiger charge is 2.08. The first-order chi connectivity index (χ1) is 7.81. The zero-order chi connectivity index (χ0) is 11.4. The van der Waals surface area contributed by atoms with Crippen molar-refractivity contribution in [2.75, 3.05) is 0 Å². The van der Waals surface area contributed by atoms with Gasteiger partial charge in [0.1, 0.15) is 0 Å². The lowest BCUT2D eigenvalue weighted by molar-refractivity contribution is 0.871. The number of aromatic nitrogens is 1. The molecule has 0 fully saturated rings. The molecule has 1 heterocycles. The number of hydrogen-bond donors (Lipinski definition) is 0. The number of rotatable bonds is 3. The number of hydrogen-bond acceptors (Lipinski definition) is 1. The molecular weight excluding hydrogens is 194 g/mol. The average molecular weight is 209 g/mol. The van der Waals surface area contributed by atoms with E-state index >= 15 is 0 Å². The molecule has 0 spiro atoms. The van der Waals surface area contributed by atoms with E-state index in [9.17, 15) is 0 Å². The summed E-state index contributed by atoms with van der Waals surface area (Å²) in [5.74, 6) is 0.333. The summed E-state index contributed by atoms with van der Waals surface area (Å²) in [5.41, 5.74) is 3.54. The second-order valence-electron chi connectivity index (χ2n) is 3.85. The molecule has 0 saturated heterocycles. The van der Waals surface area contributed by atoms with E-state index in [1.165, 1.54) is 5.56 Å². The minimum absolute atomic E-state index is 0.333. The second kappa shape index (κ2) is 4.75. The van der Waals surface area contributed by atoms with Gasteiger partial charge in [-0.2, -0.15) is 0 Å². The SMILES string of the molecule is C=Cc1ccc(C(C)c2ccccn2)cc1. The van der Waals surface area contributed by atoms with Gasteiger partial charge in [-0.1, -0.05) is 49.9 Å². The van der Waals surface area contributed by atoms with Crippen LogP contribution in [0.1, 0.15) is 29.7 Å². The number of pyridine rings is 1. The fraction of sp³-hybridized carbons (Fsp3) is 0.133. The van der Waals surface area contributed by atoms with Crippen LogP contribution in [0.4, 0.5) is 0 Å². The number of benzene rings is 1. The fourth-order valence-corrected chi connectivity index (χ4v) is 1.72. The van der Waals surface area contributed by atoms with E-state index in [2.05, 4.69) is 48.8 Å². The maximum Gasteiger partial charge on any atom is 0.0475 e. The van der Waals surface area contributed by atoms with Gasteiger partial charge in [0.05, 0.1) is 0 Å². The summed E-state index contributed by atoms with van der Waals surface area (Å²) < 4.78 is 0. The molecule has 1 heteroatoms. The zero-order valence-electron chi connectivity index (χ0n) is 9.43. The van der Waals surface area contributed by atoms with Crippen LogP contribution in [-0.4, -0.2) is 4.98 Å². The van der Waals surface area contributed by atoms with Gasteiger partial charge in [-0.25, -0.2) is 0 Å². The van der Waals surface area contributed by atoms with E-state index in [-0.39, 0.29) is 0 Å². The summed E-state index contributed by atoms with van der Waals surface area (Å²) in [4.78, 5) is 4.38. The molecule has 1 aromatic heterocycles. The minimum atomic E-state index is 0.333. The molecule has 80 valence electrons. The summed E-state index contributed by atoms with van der Waals surface area (Å²) in [6.45, 7) is 5.92. The molecule has 16 heavy (non-hydrogen) atoms. The topological polar surface area (TPSA) is 12.9 Å². The van der Waals surface area contributed by atoms with Gasteiger partial charge < -0.3 is 0 Å². The first-order valence-corrected chi connectivity index (χ1v) is 5.44. The molecule has 2 aromatic rings. The molecule has 0 aliphatic heterocycles. The first-order valence-electron chi connectivity index (χ1n) is 5.44. The Balaban J connectivity index is 2.27. The molecule has 1 nitrogen and oxygen atoms in total. The predicted molar refractivity (Wildman–Crippen MR) is 68.3 cm³/mol. The van der Waals surface area contributed by atoms with Crippen molar-refractivity contribution >= 4 is 6.08 Å². The van der Waals surface area contributed by atoms with Crippen molar-refractivity contribution in [3.05, 3.63) is 72.1 Å². The quantitative estimate of drug-likeness (QED) is 0.747. The highest BCUT2D eigenvalue weighted by atomic mass is 14.7. The Hall–Kier alpha value is -1.89. The third-order valence-corrected chi connectivity index (χ3v) is 2.80. The van der Waals surface area contributed by atoms with Crippen LogP contribution < -0.4 is 0 Å². The van der Waals surface area contributed by atoms with Gasteiger partial charge in [0.15, 0.2) is 0 Å². The molecular formula is C15H15N. The highest BCUT2D eigenvalue weighted by Crippen LogP contribution is 2.22. The molecule has 1 aromatic carbocycles. The van der Waals surface area contributed by atoms with Gasteiger partial charge in [0.25, 0.3) is 0 Å². The molecule has 0 saturated carbocycles. The Morgan fingerprint density at radius 3 is 2.44 bits per heavy atom. The van der Waals surface area contributed by atoms with Crippen molar-refractivity contribution < 1.29 is 0 Å². The van der Waals surface area contributed by atoms with Gasteiger partial charge in [0.2, 0.25) is 0 Å². The third-order valence-electron chi connectivity index (χ3n) is 2.80. The molecule has 0 N–H and O–H groups in total. The lowest BCUT2D eigenvalue weighted by Gasteiger charge is -2.11. The van der Waals surface area contributed by atoms with E-state index in [0.717, 1.165) is 11.3 Å².